The van der Waals surface area contributed by atoms with Gasteiger partial charge < -0.3 is 9.84 Å². The minimum atomic E-state index is -2.89. The van der Waals surface area contributed by atoms with Gasteiger partial charge in [0.05, 0.1) is 5.92 Å². The number of carboxylic acids is 1. The second-order valence-corrected chi connectivity index (χ2v) is 3.70. The van der Waals surface area contributed by atoms with Gasteiger partial charge in [0.15, 0.2) is 0 Å². The van der Waals surface area contributed by atoms with Crippen LogP contribution in [0.25, 0.3) is 0 Å². The Kier molecular flexibility index (Phi) is 2.77. The zero-order valence-corrected chi connectivity index (χ0v) is 8.27. The van der Waals surface area contributed by atoms with E-state index < -0.39 is 18.5 Å². The molecule has 0 bridgehead atoms. The number of rotatable bonds is 4. The maximum absolute atomic E-state index is 12.1. The Morgan fingerprint density at radius 2 is 2.12 bits per heavy atom. The van der Waals surface area contributed by atoms with Gasteiger partial charge in [-0.1, -0.05) is 18.2 Å². The molecule has 1 fully saturated rings. The summed E-state index contributed by atoms with van der Waals surface area (Å²) < 4.78 is 28.6. The molecule has 1 aliphatic rings. The lowest BCUT2D eigenvalue weighted by Gasteiger charge is -2.09. The number of hydrogen-bond acceptors (Lipinski definition) is 2. The van der Waals surface area contributed by atoms with Gasteiger partial charge in [0.2, 0.25) is 0 Å². The van der Waals surface area contributed by atoms with Gasteiger partial charge in [-0.2, -0.15) is 8.78 Å². The minimum absolute atomic E-state index is 0.0752. The van der Waals surface area contributed by atoms with Gasteiger partial charge in [-0.05, 0) is 18.1 Å². The van der Waals surface area contributed by atoms with Crippen molar-refractivity contribution in [3.63, 3.8) is 0 Å². The van der Waals surface area contributed by atoms with Crippen molar-refractivity contribution in [3.8, 4) is 5.75 Å². The molecule has 86 valence electrons. The van der Waals surface area contributed by atoms with E-state index in [0.29, 0.717) is 12.0 Å². The van der Waals surface area contributed by atoms with Crippen LogP contribution in [-0.4, -0.2) is 17.7 Å². The number of alkyl halides is 2. The first-order chi connectivity index (χ1) is 7.59. The third-order valence-electron chi connectivity index (χ3n) is 2.64. The van der Waals surface area contributed by atoms with Crippen LogP contribution in [0.1, 0.15) is 17.9 Å². The minimum Gasteiger partial charge on any atom is -0.481 e. The van der Waals surface area contributed by atoms with Crippen LogP contribution in [0.2, 0.25) is 0 Å². The summed E-state index contributed by atoms with van der Waals surface area (Å²) in [6.07, 6.45) is 0.485. The summed E-state index contributed by atoms with van der Waals surface area (Å²) in [5.41, 5.74) is 0.551. The lowest BCUT2D eigenvalue weighted by atomic mass is 10.1. The molecule has 1 aromatic rings. The number of benzene rings is 1. The van der Waals surface area contributed by atoms with Crippen molar-refractivity contribution in [2.45, 2.75) is 19.0 Å². The van der Waals surface area contributed by atoms with Crippen LogP contribution in [0.15, 0.2) is 24.3 Å². The quantitative estimate of drug-likeness (QED) is 0.861. The molecular formula is C11H10F2O3. The Morgan fingerprint density at radius 3 is 2.69 bits per heavy atom. The second kappa shape index (κ2) is 4.08. The summed E-state index contributed by atoms with van der Waals surface area (Å²) in [6.45, 7) is -2.89. The largest absolute Gasteiger partial charge is 0.481 e. The first-order valence-electron chi connectivity index (χ1n) is 4.86. The Labute approximate surface area is 90.7 Å². The maximum atomic E-state index is 12.1. The van der Waals surface area contributed by atoms with Gasteiger partial charge >= 0.3 is 12.6 Å². The highest BCUT2D eigenvalue weighted by atomic mass is 19.3. The Morgan fingerprint density at radius 1 is 1.44 bits per heavy atom. The number of carboxylic acid groups (broad SMARTS) is 1. The molecule has 2 atom stereocenters. The van der Waals surface area contributed by atoms with Crippen molar-refractivity contribution in [1.29, 1.82) is 0 Å². The highest BCUT2D eigenvalue weighted by molar-refractivity contribution is 5.75. The molecule has 1 N–H and O–H groups in total. The summed E-state index contributed by atoms with van der Waals surface area (Å²) in [7, 11) is 0. The van der Waals surface area contributed by atoms with Crippen LogP contribution in [0.4, 0.5) is 8.78 Å². The zero-order valence-electron chi connectivity index (χ0n) is 8.27. The zero-order chi connectivity index (χ0) is 11.7. The predicted molar refractivity (Wildman–Crippen MR) is 51.6 cm³/mol. The maximum Gasteiger partial charge on any atom is 0.387 e. The summed E-state index contributed by atoms with van der Waals surface area (Å²) in [5.74, 6) is -1.49. The van der Waals surface area contributed by atoms with E-state index in [1.165, 1.54) is 6.07 Å². The van der Waals surface area contributed by atoms with E-state index in [1.807, 2.05) is 0 Å². The molecule has 0 unspecified atom stereocenters. The van der Waals surface area contributed by atoms with Crippen LogP contribution in [-0.2, 0) is 4.79 Å². The highest BCUT2D eigenvalue weighted by Crippen LogP contribution is 2.50. The van der Waals surface area contributed by atoms with Gasteiger partial charge in [0.1, 0.15) is 5.75 Å². The van der Waals surface area contributed by atoms with Gasteiger partial charge in [-0.15, -0.1) is 0 Å². The fourth-order valence-corrected chi connectivity index (χ4v) is 1.80. The molecule has 0 saturated heterocycles. The van der Waals surface area contributed by atoms with E-state index in [0.717, 1.165) is 0 Å². The standard InChI is InChI=1S/C11H10F2O3/c12-11(13)16-9-4-2-1-3-6(9)7-5-8(7)10(14)15/h1-4,7-8,11H,5H2,(H,14,15)/t7-,8+/m0/s1. The number of halogens is 2. The monoisotopic (exact) mass is 228 g/mol. The number of carbonyl (C=O) groups is 1. The summed E-state index contributed by atoms with van der Waals surface area (Å²) >= 11 is 0. The van der Waals surface area contributed by atoms with Crippen LogP contribution in [0, 0.1) is 5.92 Å². The molecule has 1 aromatic carbocycles. The smallest absolute Gasteiger partial charge is 0.387 e. The summed E-state index contributed by atoms with van der Waals surface area (Å²) in [5, 5.41) is 8.77. The van der Waals surface area contributed by atoms with Crippen molar-refractivity contribution in [2.75, 3.05) is 0 Å². The molecule has 5 heteroatoms. The van der Waals surface area contributed by atoms with Gasteiger partial charge in [0.25, 0.3) is 0 Å². The van der Waals surface area contributed by atoms with Crippen molar-refractivity contribution >= 4 is 5.97 Å². The molecule has 3 nitrogen and oxygen atoms in total. The van der Waals surface area contributed by atoms with Crippen LogP contribution < -0.4 is 4.74 Å². The first-order valence-corrected chi connectivity index (χ1v) is 4.86. The molecular weight excluding hydrogens is 218 g/mol. The molecule has 0 aromatic heterocycles. The van der Waals surface area contributed by atoms with Crippen LogP contribution in [0.3, 0.4) is 0 Å². The molecule has 0 heterocycles. The molecule has 0 amide bonds. The summed E-state index contributed by atoms with van der Waals surface area (Å²) in [6, 6.07) is 6.33. The van der Waals surface area contributed by atoms with Gasteiger partial charge in [-0.25, -0.2) is 0 Å². The highest BCUT2D eigenvalue weighted by Gasteiger charge is 2.45. The van der Waals surface area contributed by atoms with E-state index in [4.69, 9.17) is 5.11 Å². The third-order valence-corrected chi connectivity index (χ3v) is 2.64. The lowest BCUT2D eigenvalue weighted by Crippen LogP contribution is -2.05. The van der Waals surface area contributed by atoms with E-state index >= 15 is 0 Å². The fourth-order valence-electron chi connectivity index (χ4n) is 1.80. The molecule has 2 rings (SSSR count). The fraction of sp³-hybridized carbons (Fsp3) is 0.364. The van der Waals surface area contributed by atoms with E-state index in [-0.39, 0.29) is 11.7 Å². The molecule has 0 aliphatic heterocycles. The summed E-state index contributed by atoms with van der Waals surface area (Å²) in [4.78, 5) is 10.7. The third kappa shape index (κ3) is 2.13. The Balaban J connectivity index is 2.18. The number of hydrogen-bond donors (Lipinski definition) is 1. The van der Waals surface area contributed by atoms with E-state index in [1.54, 1.807) is 18.2 Å². The van der Waals surface area contributed by atoms with Crippen LogP contribution in [0.5, 0.6) is 5.75 Å². The normalized spacial score (nSPS) is 23.2. The van der Waals surface area contributed by atoms with Crippen molar-refractivity contribution in [2.24, 2.45) is 5.92 Å². The van der Waals surface area contributed by atoms with Crippen molar-refractivity contribution in [3.05, 3.63) is 29.8 Å². The Bertz CT molecular complexity index is 406. The molecule has 1 aliphatic carbocycles. The van der Waals surface area contributed by atoms with Crippen molar-refractivity contribution in [1.82, 2.24) is 0 Å². The number of aliphatic carboxylic acids is 1. The molecule has 0 spiro atoms. The second-order valence-electron chi connectivity index (χ2n) is 3.70. The van der Waals surface area contributed by atoms with Gasteiger partial charge in [-0.3, -0.25) is 4.79 Å². The van der Waals surface area contributed by atoms with Crippen LogP contribution >= 0.6 is 0 Å². The average molecular weight is 228 g/mol. The van der Waals surface area contributed by atoms with E-state index in [9.17, 15) is 13.6 Å². The average Bonchev–Trinajstić information content (AvgIpc) is 2.97. The first kappa shape index (κ1) is 10.9. The number of ether oxygens (including phenoxy) is 1. The Hall–Kier alpha value is -1.65. The predicted octanol–water partition coefficient (Wildman–Crippen LogP) is 2.48. The lowest BCUT2D eigenvalue weighted by molar-refractivity contribution is -0.138. The van der Waals surface area contributed by atoms with Gasteiger partial charge in [0, 0.05) is 5.92 Å². The topological polar surface area (TPSA) is 46.5 Å². The molecule has 0 radical (unpaired) electrons. The molecule has 1 saturated carbocycles. The van der Waals surface area contributed by atoms with E-state index in [2.05, 4.69) is 4.74 Å². The SMILES string of the molecule is O=C(O)[C@@H]1C[C@H]1c1ccccc1OC(F)F. The molecule has 16 heavy (non-hydrogen) atoms. The van der Waals surface area contributed by atoms with Crippen molar-refractivity contribution < 1.29 is 23.4 Å². The number of para-hydroxylation sites is 1.